The summed E-state index contributed by atoms with van der Waals surface area (Å²) in [5, 5.41) is 9.24. The first-order valence-electron chi connectivity index (χ1n) is 8.78. The normalized spacial score (nSPS) is 12.0. The maximum atomic E-state index is 12.7. The second-order valence-electron chi connectivity index (χ2n) is 6.09. The first-order chi connectivity index (χ1) is 14.0. The van der Waals surface area contributed by atoms with Gasteiger partial charge in [-0.3, -0.25) is 4.79 Å². The third-order valence-corrected chi connectivity index (χ3v) is 4.38. The van der Waals surface area contributed by atoms with Crippen LogP contribution in [0.2, 0.25) is 5.02 Å². The van der Waals surface area contributed by atoms with Crippen molar-refractivity contribution in [2.24, 2.45) is 0 Å². The number of fused-ring (bicyclic) bond motifs is 1. The van der Waals surface area contributed by atoms with Crippen molar-refractivity contribution in [2.75, 3.05) is 37.0 Å². The Kier molecular flexibility index (Phi) is 6.42. The molecule has 0 saturated carbocycles. The Morgan fingerprint density at radius 3 is 2.69 bits per heavy atom. The molecule has 2 aromatic rings. The van der Waals surface area contributed by atoms with Gasteiger partial charge in [0.15, 0.2) is 18.1 Å². The Labute approximate surface area is 172 Å². The molecule has 0 atom stereocenters. The van der Waals surface area contributed by atoms with Gasteiger partial charge in [0, 0.05) is 29.0 Å². The molecule has 9 heteroatoms. The number of hydrogen-bond donors (Lipinski definition) is 1. The molecular formula is C20H18ClN3O5. The highest BCUT2D eigenvalue weighted by molar-refractivity contribution is 6.31. The molecule has 8 nitrogen and oxygen atoms in total. The van der Waals surface area contributed by atoms with E-state index >= 15 is 0 Å². The van der Waals surface area contributed by atoms with E-state index in [1.165, 1.54) is 17.0 Å². The van der Waals surface area contributed by atoms with Crippen LogP contribution < -0.4 is 20.1 Å². The van der Waals surface area contributed by atoms with Gasteiger partial charge in [-0.15, -0.1) is 0 Å². The number of carbonyl (C=O) groups is 2. The summed E-state index contributed by atoms with van der Waals surface area (Å²) in [6, 6.07) is 11.4. The summed E-state index contributed by atoms with van der Waals surface area (Å²) >= 11 is 5.88. The van der Waals surface area contributed by atoms with E-state index in [2.05, 4.69) is 0 Å². The number of nitrogen functional groups attached to an aromatic ring is 1. The number of benzene rings is 2. The second kappa shape index (κ2) is 9.17. The molecule has 0 spiro atoms. The zero-order valence-corrected chi connectivity index (χ0v) is 16.1. The summed E-state index contributed by atoms with van der Waals surface area (Å²) in [6.45, 7) is 0.462. The number of ether oxygens (including phenoxy) is 3. The minimum absolute atomic E-state index is 0.0770. The second-order valence-corrected chi connectivity index (χ2v) is 6.53. The molecule has 1 amide bonds. The van der Waals surface area contributed by atoms with Gasteiger partial charge >= 0.3 is 5.97 Å². The zero-order chi connectivity index (χ0) is 20.8. The van der Waals surface area contributed by atoms with Crippen LogP contribution in [0.4, 0.5) is 11.4 Å². The summed E-state index contributed by atoms with van der Waals surface area (Å²) in [6.07, 6.45) is 0.107. The molecular weight excluding hydrogens is 398 g/mol. The van der Waals surface area contributed by atoms with Crippen LogP contribution in [0.15, 0.2) is 36.4 Å². The molecule has 1 heterocycles. The Bertz CT molecular complexity index is 973. The number of halogens is 1. The lowest BCUT2D eigenvalue weighted by Crippen LogP contribution is -2.35. The Balaban J connectivity index is 1.73. The molecule has 2 N–H and O–H groups in total. The van der Waals surface area contributed by atoms with E-state index in [1.807, 2.05) is 6.07 Å². The van der Waals surface area contributed by atoms with Crippen molar-refractivity contribution >= 4 is 34.9 Å². The van der Waals surface area contributed by atoms with Gasteiger partial charge < -0.3 is 24.8 Å². The summed E-state index contributed by atoms with van der Waals surface area (Å²) in [5.74, 6) is -0.172. The number of rotatable bonds is 6. The molecule has 0 aromatic heterocycles. The van der Waals surface area contributed by atoms with E-state index < -0.39 is 18.5 Å². The average molecular weight is 416 g/mol. The molecule has 0 saturated heterocycles. The van der Waals surface area contributed by atoms with Crippen LogP contribution in [0.1, 0.15) is 16.8 Å². The highest BCUT2D eigenvalue weighted by atomic mass is 35.5. The molecule has 1 aliphatic rings. The van der Waals surface area contributed by atoms with Gasteiger partial charge in [0.05, 0.1) is 18.1 Å². The Morgan fingerprint density at radius 2 is 1.93 bits per heavy atom. The van der Waals surface area contributed by atoms with E-state index in [1.54, 1.807) is 24.3 Å². The van der Waals surface area contributed by atoms with Crippen LogP contribution in [0, 0.1) is 11.3 Å². The third-order valence-electron chi connectivity index (χ3n) is 4.15. The van der Waals surface area contributed by atoms with Gasteiger partial charge in [0.25, 0.3) is 5.91 Å². The van der Waals surface area contributed by atoms with Crippen LogP contribution in [-0.2, 0) is 9.53 Å². The number of nitrogens with zero attached hydrogens (tertiary/aromatic N) is 2. The SMILES string of the molecule is N#CCCN(C(=O)COC(=O)c1cc(Cl)ccc1N)c1ccc2c(c1)OCCO2. The van der Waals surface area contributed by atoms with Gasteiger partial charge in [-0.05, 0) is 30.3 Å². The highest BCUT2D eigenvalue weighted by Gasteiger charge is 2.21. The third kappa shape index (κ3) is 4.89. The first-order valence-corrected chi connectivity index (χ1v) is 9.16. The van der Waals surface area contributed by atoms with Crippen LogP contribution >= 0.6 is 11.6 Å². The van der Waals surface area contributed by atoms with Gasteiger partial charge in [-0.25, -0.2) is 4.79 Å². The predicted molar refractivity (Wildman–Crippen MR) is 106 cm³/mol. The fraction of sp³-hybridized carbons (Fsp3) is 0.250. The summed E-state index contributed by atoms with van der Waals surface area (Å²) < 4.78 is 16.1. The average Bonchev–Trinajstić information content (AvgIpc) is 2.73. The maximum absolute atomic E-state index is 12.7. The summed E-state index contributed by atoms with van der Waals surface area (Å²) in [5.41, 5.74) is 6.54. The van der Waals surface area contributed by atoms with Crippen LogP contribution in [0.3, 0.4) is 0 Å². The molecule has 3 rings (SSSR count). The topological polar surface area (TPSA) is 115 Å². The van der Waals surface area contributed by atoms with E-state index in [9.17, 15) is 9.59 Å². The molecule has 0 unspecified atom stereocenters. The molecule has 0 radical (unpaired) electrons. The van der Waals surface area contributed by atoms with Crippen LogP contribution in [-0.4, -0.2) is 38.2 Å². The van der Waals surface area contributed by atoms with Crippen molar-refractivity contribution in [3.05, 3.63) is 47.0 Å². The monoisotopic (exact) mass is 415 g/mol. The standard InChI is InChI=1S/C20H18ClN3O5/c21-13-2-4-16(23)15(10-13)20(26)29-12-19(25)24(7-1-6-22)14-3-5-17-18(11-14)28-9-8-27-17/h2-5,10-11H,1,7-9,12,23H2. The smallest absolute Gasteiger partial charge is 0.340 e. The summed E-state index contributed by atoms with van der Waals surface area (Å²) in [4.78, 5) is 26.3. The molecule has 0 bridgehead atoms. The van der Waals surface area contributed by atoms with Crippen molar-refractivity contribution in [3.8, 4) is 17.6 Å². The van der Waals surface area contributed by atoms with Gasteiger partial charge in [0.1, 0.15) is 13.2 Å². The van der Waals surface area contributed by atoms with Crippen molar-refractivity contribution < 1.29 is 23.8 Å². The molecule has 29 heavy (non-hydrogen) atoms. The lowest BCUT2D eigenvalue weighted by atomic mass is 10.2. The number of hydrogen-bond acceptors (Lipinski definition) is 7. The predicted octanol–water partition coefficient (Wildman–Crippen LogP) is 2.80. The lowest BCUT2D eigenvalue weighted by Gasteiger charge is -2.24. The van der Waals surface area contributed by atoms with Gasteiger partial charge in [-0.2, -0.15) is 5.26 Å². The van der Waals surface area contributed by atoms with E-state index in [0.717, 1.165) is 0 Å². The zero-order valence-electron chi connectivity index (χ0n) is 15.4. The first kappa shape index (κ1) is 20.3. The Morgan fingerprint density at radius 1 is 1.17 bits per heavy atom. The maximum Gasteiger partial charge on any atom is 0.340 e. The van der Waals surface area contributed by atoms with E-state index in [-0.39, 0.29) is 24.2 Å². The van der Waals surface area contributed by atoms with Crippen molar-refractivity contribution in [2.45, 2.75) is 6.42 Å². The van der Waals surface area contributed by atoms with E-state index in [4.69, 9.17) is 36.8 Å². The highest BCUT2D eigenvalue weighted by Crippen LogP contribution is 2.34. The Hall–Kier alpha value is -3.44. The van der Waals surface area contributed by atoms with Gasteiger partial charge in [-0.1, -0.05) is 11.6 Å². The minimum atomic E-state index is -0.763. The number of anilines is 2. The van der Waals surface area contributed by atoms with Crippen LogP contribution in [0.25, 0.3) is 0 Å². The number of amides is 1. The van der Waals surface area contributed by atoms with Crippen molar-refractivity contribution in [1.82, 2.24) is 0 Å². The molecule has 1 aliphatic heterocycles. The summed E-state index contributed by atoms with van der Waals surface area (Å²) in [7, 11) is 0. The van der Waals surface area contributed by atoms with E-state index in [0.29, 0.717) is 35.4 Å². The largest absolute Gasteiger partial charge is 0.486 e. The quantitative estimate of drug-likeness (QED) is 0.569. The fourth-order valence-electron chi connectivity index (χ4n) is 2.75. The molecule has 0 aliphatic carbocycles. The molecule has 150 valence electrons. The number of nitriles is 1. The fourth-order valence-corrected chi connectivity index (χ4v) is 2.92. The van der Waals surface area contributed by atoms with Crippen molar-refractivity contribution in [3.63, 3.8) is 0 Å². The number of esters is 1. The van der Waals surface area contributed by atoms with Crippen molar-refractivity contribution in [1.29, 1.82) is 5.26 Å². The van der Waals surface area contributed by atoms with Gasteiger partial charge in [0.2, 0.25) is 0 Å². The van der Waals surface area contributed by atoms with Crippen LogP contribution in [0.5, 0.6) is 11.5 Å². The lowest BCUT2D eigenvalue weighted by molar-refractivity contribution is -0.121. The molecule has 0 fully saturated rings. The number of nitrogens with two attached hydrogens (primary N) is 1. The minimum Gasteiger partial charge on any atom is -0.486 e. The molecule has 2 aromatic carbocycles. The number of carbonyl (C=O) groups excluding carboxylic acids is 2.